The molecule has 1 N–H and O–H groups in total. The largest absolute Gasteiger partial charge is 0.503 e. The topological polar surface area (TPSA) is 76.1 Å². The van der Waals surface area contributed by atoms with Crippen LogP contribution in [-0.4, -0.2) is 34.9 Å². The van der Waals surface area contributed by atoms with E-state index in [1.807, 2.05) is 62.4 Å². The van der Waals surface area contributed by atoms with Crippen LogP contribution in [0.1, 0.15) is 44.9 Å². The summed E-state index contributed by atoms with van der Waals surface area (Å²) in [5.74, 6) is -0.283. The van der Waals surface area contributed by atoms with E-state index in [9.17, 15) is 14.7 Å². The molecular formula is C25H29NO5. The van der Waals surface area contributed by atoms with Crippen LogP contribution in [0.2, 0.25) is 0 Å². The maximum Gasteiger partial charge on any atom is 0.290 e. The molecule has 0 spiro atoms. The second kappa shape index (κ2) is 9.25. The van der Waals surface area contributed by atoms with Gasteiger partial charge in [-0.3, -0.25) is 9.59 Å². The van der Waals surface area contributed by atoms with E-state index in [4.69, 9.17) is 9.47 Å². The fourth-order valence-corrected chi connectivity index (χ4v) is 3.68. The van der Waals surface area contributed by atoms with Crippen LogP contribution >= 0.6 is 0 Å². The molecule has 0 aliphatic carbocycles. The molecule has 2 aromatic carbocycles. The van der Waals surface area contributed by atoms with Gasteiger partial charge in [0.05, 0.1) is 24.8 Å². The number of nitrogens with zero attached hydrogens (tertiary/aromatic N) is 1. The molecule has 6 heteroatoms. The zero-order valence-electron chi connectivity index (χ0n) is 18.6. The van der Waals surface area contributed by atoms with Crippen molar-refractivity contribution in [3.8, 4) is 11.5 Å². The number of carbonyl (C=O) groups is 2. The van der Waals surface area contributed by atoms with E-state index in [0.717, 1.165) is 5.56 Å². The van der Waals surface area contributed by atoms with Crippen LogP contribution in [0.4, 0.5) is 0 Å². The van der Waals surface area contributed by atoms with Gasteiger partial charge in [-0.15, -0.1) is 0 Å². The van der Waals surface area contributed by atoms with Gasteiger partial charge in [-0.05, 0) is 49.2 Å². The van der Waals surface area contributed by atoms with E-state index < -0.39 is 17.7 Å². The summed E-state index contributed by atoms with van der Waals surface area (Å²) < 4.78 is 11.0. The molecule has 2 aromatic rings. The third-order valence-corrected chi connectivity index (χ3v) is 5.15. The van der Waals surface area contributed by atoms with Gasteiger partial charge in [0.1, 0.15) is 11.5 Å². The number of ether oxygens (including phenoxy) is 2. The van der Waals surface area contributed by atoms with Crippen molar-refractivity contribution in [2.24, 2.45) is 5.92 Å². The average molecular weight is 424 g/mol. The Labute approximate surface area is 183 Å². The van der Waals surface area contributed by atoms with Crippen LogP contribution in [0.25, 0.3) is 0 Å². The molecule has 1 heterocycles. The first-order valence-corrected chi connectivity index (χ1v) is 10.4. The SMILES string of the molecule is COc1ccc(CN2C(=O)C(O)=C(C(=O)C(C)C)C2c2cccc(OC(C)C)c2)cc1. The quantitative estimate of drug-likeness (QED) is 0.671. The number of rotatable bonds is 8. The molecule has 164 valence electrons. The van der Waals surface area contributed by atoms with E-state index in [1.54, 1.807) is 21.0 Å². The normalized spacial score (nSPS) is 16.4. The second-order valence-electron chi connectivity index (χ2n) is 8.20. The van der Waals surface area contributed by atoms with E-state index in [2.05, 4.69) is 0 Å². The molecule has 1 aliphatic rings. The molecule has 0 fully saturated rings. The first kappa shape index (κ1) is 22.4. The van der Waals surface area contributed by atoms with Crippen LogP contribution in [0, 0.1) is 5.92 Å². The van der Waals surface area contributed by atoms with Crippen LogP contribution in [0.15, 0.2) is 59.9 Å². The Morgan fingerprint density at radius 2 is 1.74 bits per heavy atom. The molecule has 1 atom stereocenters. The Morgan fingerprint density at radius 1 is 1.06 bits per heavy atom. The Kier molecular flexibility index (Phi) is 6.68. The van der Waals surface area contributed by atoms with Crippen molar-refractivity contribution in [3.05, 3.63) is 71.0 Å². The number of ketones is 1. The number of hydrogen-bond acceptors (Lipinski definition) is 5. The number of benzene rings is 2. The van der Waals surface area contributed by atoms with Gasteiger partial charge < -0.3 is 19.5 Å². The van der Waals surface area contributed by atoms with Crippen LogP contribution in [-0.2, 0) is 16.1 Å². The third kappa shape index (κ3) is 4.74. The summed E-state index contributed by atoms with van der Waals surface area (Å²) in [6, 6.07) is 14.0. The predicted molar refractivity (Wildman–Crippen MR) is 118 cm³/mol. The number of aliphatic hydroxyl groups excluding tert-OH is 1. The van der Waals surface area contributed by atoms with Gasteiger partial charge in [0, 0.05) is 12.5 Å². The molecule has 0 bridgehead atoms. The van der Waals surface area contributed by atoms with Crippen molar-refractivity contribution in [2.75, 3.05) is 7.11 Å². The number of aliphatic hydroxyl groups is 1. The number of carbonyl (C=O) groups excluding carboxylic acids is 2. The Bertz CT molecular complexity index is 991. The molecule has 0 saturated heterocycles. The minimum absolute atomic E-state index is 0.0171. The van der Waals surface area contributed by atoms with Gasteiger partial charge in [-0.2, -0.15) is 0 Å². The van der Waals surface area contributed by atoms with Gasteiger partial charge in [0.2, 0.25) is 0 Å². The number of hydrogen-bond donors (Lipinski definition) is 1. The van der Waals surface area contributed by atoms with Crippen molar-refractivity contribution in [3.63, 3.8) is 0 Å². The highest BCUT2D eigenvalue weighted by atomic mass is 16.5. The van der Waals surface area contributed by atoms with Crippen LogP contribution < -0.4 is 9.47 Å². The second-order valence-corrected chi connectivity index (χ2v) is 8.20. The summed E-state index contributed by atoms with van der Waals surface area (Å²) in [5, 5.41) is 10.7. The lowest BCUT2D eigenvalue weighted by atomic mass is 9.91. The zero-order chi connectivity index (χ0) is 22.7. The lowest BCUT2D eigenvalue weighted by Crippen LogP contribution is -2.31. The fourth-order valence-electron chi connectivity index (χ4n) is 3.68. The molecule has 0 saturated carbocycles. The van der Waals surface area contributed by atoms with Crippen LogP contribution in [0.3, 0.4) is 0 Å². The first-order valence-electron chi connectivity index (χ1n) is 10.4. The smallest absolute Gasteiger partial charge is 0.290 e. The molecular weight excluding hydrogens is 394 g/mol. The van der Waals surface area contributed by atoms with E-state index in [0.29, 0.717) is 17.1 Å². The molecule has 6 nitrogen and oxygen atoms in total. The van der Waals surface area contributed by atoms with Crippen molar-refractivity contribution >= 4 is 11.7 Å². The average Bonchev–Trinajstić information content (AvgIpc) is 2.98. The molecule has 0 aromatic heterocycles. The van der Waals surface area contributed by atoms with Crippen molar-refractivity contribution in [1.82, 2.24) is 4.90 Å². The first-order chi connectivity index (χ1) is 14.7. The predicted octanol–water partition coefficient (Wildman–Crippen LogP) is 4.60. The number of methoxy groups -OCH3 is 1. The number of amides is 1. The Balaban J connectivity index is 2.04. The van der Waals surface area contributed by atoms with E-state index in [1.165, 1.54) is 4.90 Å². The van der Waals surface area contributed by atoms with Gasteiger partial charge in [-0.25, -0.2) is 0 Å². The highest BCUT2D eigenvalue weighted by molar-refractivity contribution is 6.09. The van der Waals surface area contributed by atoms with Crippen molar-refractivity contribution in [1.29, 1.82) is 0 Å². The maximum absolute atomic E-state index is 13.0. The van der Waals surface area contributed by atoms with Gasteiger partial charge >= 0.3 is 0 Å². The summed E-state index contributed by atoms with van der Waals surface area (Å²) in [6.07, 6.45) is -0.0171. The summed E-state index contributed by atoms with van der Waals surface area (Å²) >= 11 is 0. The fraction of sp³-hybridized carbons (Fsp3) is 0.360. The summed E-state index contributed by atoms with van der Waals surface area (Å²) in [4.78, 5) is 27.5. The highest BCUT2D eigenvalue weighted by Crippen LogP contribution is 2.40. The minimum Gasteiger partial charge on any atom is -0.503 e. The molecule has 1 aliphatic heterocycles. The minimum atomic E-state index is -0.694. The Morgan fingerprint density at radius 3 is 2.32 bits per heavy atom. The lowest BCUT2D eigenvalue weighted by molar-refractivity contribution is -0.130. The van der Waals surface area contributed by atoms with Crippen LogP contribution in [0.5, 0.6) is 11.5 Å². The molecule has 3 rings (SSSR count). The number of Topliss-reactive ketones (excluding diaryl/α,β-unsaturated/α-hetero) is 1. The standard InChI is InChI=1S/C25H29NO5/c1-15(2)23(27)21-22(18-7-6-8-20(13-18)31-16(3)4)26(25(29)24(21)28)14-17-9-11-19(30-5)12-10-17/h6-13,15-16,22,28H,14H2,1-5H3. The highest BCUT2D eigenvalue weighted by Gasteiger charge is 2.44. The third-order valence-electron chi connectivity index (χ3n) is 5.15. The molecule has 0 radical (unpaired) electrons. The Hall–Kier alpha value is -3.28. The van der Waals surface area contributed by atoms with Gasteiger partial charge in [-0.1, -0.05) is 38.1 Å². The summed E-state index contributed by atoms with van der Waals surface area (Å²) in [7, 11) is 1.59. The van der Waals surface area contributed by atoms with E-state index >= 15 is 0 Å². The molecule has 31 heavy (non-hydrogen) atoms. The molecule has 1 amide bonds. The zero-order valence-corrected chi connectivity index (χ0v) is 18.6. The summed E-state index contributed by atoms with van der Waals surface area (Å²) in [6.45, 7) is 7.62. The monoisotopic (exact) mass is 423 g/mol. The van der Waals surface area contributed by atoms with Gasteiger partial charge in [0.25, 0.3) is 5.91 Å². The van der Waals surface area contributed by atoms with Crippen molar-refractivity contribution in [2.45, 2.75) is 46.4 Å². The molecule has 1 unspecified atom stereocenters. The van der Waals surface area contributed by atoms with Crippen molar-refractivity contribution < 1.29 is 24.2 Å². The lowest BCUT2D eigenvalue weighted by Gasteiger charge is -2.28. The van der Waals surface area contributed by atoms with Gasteiger partial charge in [0.15, 0.2) is 11.5 Å². The summed E-state index contributed by atoms with van der Waals surface area (Å²) in [5.41, 5.74) is 1.71. The van der Waals surface area contributed by atoms with E-state index in [-0.39, 0.29) is 29.9 Å². The maximum atomic E-state index is 13.0.